The van der Waals surface area contributed by atoms with Gasteiger partial charge in [-0.1, -0.05) is 30.8 Å². The molecule has 1 saturated heterocycles. The van der Waals surface area contributed by atoms with E-state index in [1.807, 2.05) is 12.1 Å². The SMILES string of the molecule is C=CC(=O)Nc1cccc(OC(=C)/C(Cl)=C\N(C)N2CCN(C)CC2)c1. The van der Waals surface area contributed by atoms with E-state index >= 15 is 0 Å². The van der Waals surface area contributed by atoms with Crippen LogP contribution in [0.25, 0.3) is 0 Å². The molecule has 0 atom stereocenters. The Morgan fingerprint density at radius 1 is 1.35 bits per heavy atom. The average molecular weight is 377 g/mol. The van der Waals surface area contributed by atoms with Gasteiger partial charge in [-0.3, -0.25) is 4.79 Å². The van der Waals surface area contributed by atoms with Crippen LogP contribution in [0.1, 0.15) is 0 Å². The summed E-state index contributed by atoms with van der Waals surface area (Å²) in [6.45, 7) is 11.2. The Morgan fingerprint density at radius 3 is 2.69 bits per heavy atom. The van der Waals surface area contributed by atoms with Crippen LogP contribution in [0.5, 0.6) is 5.75 Å². The summed E-state index contributed by atoms with van der Waals surface area (Å²) in [5, 5.41) is 7.26. The van der Waals surface area contributed by atoms with Gasteiger partial charge in [-0.2, -0.15) is 0 Å². The van der Waals surface area contributed by atoms with Gasteiger partial charge in [-0.05, 0) is 25.3 Å². The largest absolute Gasteiger partial charge is 0.456 e. The molecule has 1 aliphatic rings. The first-order chi connectivity index (χ1) is 12.4. The molecule has 6 nitrogen and oxygen atoms in total. The summed E-state index contributed by atoms with van der Waals surface area (Å²) >= 11 is 6.35. The minimum Gasteiger partial charge on any atom is -0.456 e. The van der Waals surface area contributed by atoms with E-state index in [1.54, 1.807) is 30.5 Å². The van der Waals surface area contributed by atoms with E-state index in [0.717, 1.165) is 26.2 Å². The summed E-state index contributed by atoms with van der Waals surface area (Å²) in [4.78, 5) is 13.7. The number of likely N-dealkylation sites (N-methyl/N-ethyl adjacent to an activating group) is 1. The number of allylic oxidation sites excluding steroid dienone is 1. The van der Waals surface area contributed by atoms with Crippen molar-refractivity contribution in [2.45, 2.75) is 0 Å². The summed E-state index contributed by atoms with van der Waals surface area (Å²) in [6, 6.07) is 6.99. The molecule has 0 aliphatic carbocycles. The first-order valence-corrected chi connectivity index (χ1v) is 8.71. The van der Waals surface area contributed by atoms with E-state index in [0.29, 0.717) is 22.2 Å². The van der Waals surface area contributed by atoms with Gasteiger partial charge in [0.1, 0.15) is 11.5 Å². The van der Waals surface area contributed by atoms with E-state index in [9.17, 15) is 4.79 Å². The number of amides is 1. The molecule has 140 valence electrons. The van der Waals surface area contributed by atoms with Gasteiger partial charge in [0, 0.05) is 51.2 Å². The molecule has 1 aromatic rings. The standard InChI is InChI=1S/C19H25ClN4O2/c1-5-19(25)21-16-7-6-8-17(13-16)26-15(2)18(20)14-23(4)24-11-9-22(3)10-12-24/h5-8,13-14H,1-2,9-12H2,3-4H3,(H,21,25)/b18-14+. The van der Waals surface area contributed by atoms with Gasteiger partial charge in [-0.25, -0.2) is 5.01 Å². The number of hydrogen-bond acceptors (Lipinski definition) is 5. The molecule has 1 amide bonds. The third-order valence-corrected chi connectivity index (χ3v) is 4.33. The van der Waals surface area contributed by atoms with Crippen LogP contribution in [0.2, 0.25) is 0 Å². The van der Waals surface area contributed by atoms with Crippen molar-refractivity contribution in [3.05, 3.63) is 60.5 Å². The molecule has 0 spiro atoms. The summed E-state index contributed by atoms with van der Waals surface area (Å²) in [5.41, 5.74) is 0.606. The van der Waals surface area contributed by atoms with Crippen LogP contribution in [0.4, 0.5) is 5.69 Å². The van der Waals surface area contributed by atoms with Crippen molar-refractivity contribution >= 4 is 23.2 Å². The molecule has 0 aromatic heterocycles. The number of hydrazine groups is 1. The minimum atomic E-state index is -0.285. The fourth-order valence-electron chi connectivity index (χ4n) is 2.45. The Labute approximate surface area is 159 Å². The van der Waals surface area contributed by atoms with Crippen molar-refractivity contribution in [1.29, 1.82) is 0 Å². The lowest BCUT2D eigenvalue weighted by Gasteiger charge is -2.37. The molecular weight excluding hydrogens is 352 g/mol. The Kier molecular flexibility index (Phi) is 7.26. The number of halogens is 1. The minimum absolute atomic E-state index is 0.285. The quantitative estimate of drug-likeness (QED) is 0.450. The monoisotopic (exact) mass is 376 g/mol. The summed E-state index contributed by atoms with van der Waals surface area (Å²) in [7, 11) is 4.06. The third kappa shape index (κ3) is 5.91. The second-order valence-corrected chi connectivity index (χ2v) is 6.46. The molecule has 1 heterocycles. The van der Waals surface area contributed by atoms with Gasteiger partial charge < -0.3 is 20.0 Å². The number of ether oxygens (including phenoxy) is 1. The number of carbonyl (C=O) groups is 1. The molecule has 0 radical (unpaired) electrons. The van der Waals surface area contributed by atoms with E-state index < -0.39 is 0 Å². The zero-order chi connectivity index (χ0) is 19.1. The van der Waals surface area contributed by atoms with Crippen LogP contribution in [-0.2, 0) is 4.79 Å². The number of piperazine rings is 1. The highest BCUT2D eigenvalue weighted by Gasteiger charge is 2.16. The van der Waals surface area contributed by atoms with Crippen molar-refractivity contribution in [2.75, 3.05) is 45.6 Å². The molecule has 1 aliphatic heterocycles. The highest BCUT2D eigenvalue weighted by molar-refractivity contribution is 6.31. The van der Waals surface area contributed by atoms with Crippen LogP contribution in [-0.4, -0.2) is 61.1 Å². The lowest BCUT2D eigenvalue weighted by atomic mass is 10.3. The highest BCUT2D eigenvalue weighted by atomic mass is 35.5. The summed E-state index contributed by atoms with van der Waals surface area (Å²) in [5.74, 6) is 0.582. The maximum Gasteiger partial charge on any atom is 0.247 e. The van der Waals surface area contributed by atoms with Gasteiger partial charge in [-0.15, -0.1) is 0 Å². The maximum atomic E-state index is 11.4. The molecule has 26 heavy (non-hydrogen) atoms. The predicted molar refractivity (Wildman–Crippen MR) is 106 cm³/mol. The normalized spacial score (nSPS) is 16.0. The molecule has 0 unspecified atom stereocenters. The first-order valence-electron chi connectivity index (χ1n) is 8.33. The number of carbonyl (C=O) groups excluding carboxylic acids is 1. The van der Waals surface area contributed by atoms with Crippen molar-refractivity contribution < 1.29 is 9.53 Å². The maximum absolute atomic E-state index is 11.4. The van der Waals surface area contributed by atoms with Gasteiger partial charge in [0.15, 0.2) is 0 Å². The van der Waals surface area contributed by atoms with E-state index in [4.69, 9.17) is 16.3 Å². The van der Waals surface area contributed by atoms with Crippen LogP contribution in [0.3, 0.4) is 0 Å². The number of hydrogen-bond donors (Lipinski definition) is 1. The second kappa shape index (κ2) is 9.43. The number of nitrogens with one attached hydrogen (secondary N) is 1. The molecule has 1 fully saturated rings. The summed E-state index contributed by atoms with van der Waals surface area (Å²) < 4.78 is 5.71. The smallest absolute Gasteiger partial charge is 0.247 e. The first kappa shape index (κ1) is 20.0. The van der Waals surface area contributed by atoms with Crippen LogP contribution in [0, 0.1) is 0 Å². The number of benzene rings is 1. The van der Waals surface area contributed by atoms with Crippen molar-refractivity contribution in [3.8, 4) is 5.75 Å². The molecule has 0 bridgehead atoms. The zero-order valence-corrected chi connectivity index (χ0v) is 16.0. The van der Waals surface area contributed by atoms with Crippen molar-refractivity contribution in [3.63, 3.8) is 0 Å². The molecule has 0 saturated carbocycles. The van der Waals surface area contributed by atoms with Gasteiger partial charge in [0.2, 0.25) is 5.91 Å². The van der Waals surface area contributed by atoms with E-state index in [1.165, 1.54) is 6.08 Å². The van der Waals surface area contributed by atoms with Crippen LogP contribution >= 0.6 is 11.6 Å². The van der Waals surface area contributed by atoms with Crippen LogP contribution < -0.4 is 10.1 Å². The highest BCUT2D eigenvalue weighted by Crippen LogP contribution is 2.23. The lowest BCUT2D eigenvalue weighted by Crippen LogP contribution is -2.49. The van der Waals surface area contributed by atoms with Gasteiger partial charge >= 0.3 is 0 Å². The fourth-order valence-corrected chi connectivity index (χ4v) is 2.63. The molecular formula is C19H25ClN4O2. The molecule has 7 heteroatoms. The molecule has 2 rings (SSSR count). The van der Waals surface area contributed by atoms with Gasteiger partial charge in [0.05, 0.1) is 5.03 Å². The zero-order valence-electron chi connectivity index (χ0n) is 15.2. The Morgan fingerprint density at radius 2 is 2.04 bits per heavy atom. The fraction of sp³-hybridized carbons (Fsp3) is 0.316. The Bertz CT molecular complexity index is 697. The lowest BCUT2D eigenvalue weighted by molar-refractivity contribution is -0.111. The second-order valence-electron chi connectivity index (χ2n) is 6.05. The Hall–Kier alpha value is -2.28. The number of rotatable bonds is 7. The molecule has 1 N–H and O–H groups in total. The predicted octanol–water partition coefficient (Wildman–Crippen LogP) is 2.88. The average Bonchev–Trinajstić information content (AvgIpc) is 2.62. The number of nitrogens with zero attached hydrogens (tertiary/aromatic N) is 3. The Balaban J connectivity index is 1.96. The van der Waals surface area contributed by atoms with Crippen molar-refractivity contribution in [1.82, 2.24) is 14.9 Å². The summed E-state index contributed by atoms with van der Waals surface area (Å²) in [6.07, 6.45) is 3.00. The van der Waals surface area contributed by atoms with Crippen molar-refractivity contribution in [2.24, 2.45) is 0 Å². The van der Waals surface area contributed by atoms with Crippen LogP contribution in [0.15, 0.2) is 60.5 Å². The van der Waals surface area contributed by atoms with E-state index in [-0.39, 0.29) is 5.91 Å². The third-order valence-electron chi connectivity index (χ3n) is 4.02. The van der Waals surface area contributed by atoms with E-state index in [2.05, 4.69) is 35.4 Å². The van der Waals surface area contributed by atoms with Gasteiger partial charge in [0.25, 0.3) is 0 Å². The molecule has 1 aromatic carbocycles. The number of anilines is 1. The topological polar surface area (TPSA) is 48.1 Å².